The second kappa shape index (κ2) is 5.80. The first-order valence-electron chi connectivity index (χ1n) is 7.90. The highest BCUT2D eigenvalue weighted by atomic mass is 16.5. The third kappa shape index (κ3) is 3.48. The van der Waals surface area contributed by atoms with Crippen LogP contribution in [0, 0.1) is 5.92 Å². The Bertz CT molecular complexity index is 322. The Labute approximate surface area is 115 Å². The van der Waals surface area contributed by atoms with E-state index in [2.05, 4.69) is 17.1 Å². The van der Waals surface area contributed by atoms with Gasteiger partial charge in [0.05, 0.1) is 12.2 Å². The standard InChI is InChI=1S/C15H26N2O2/c1-11-2-5-14(19-11)10-16-13-6-8-17(9-7-13)15(18)12-3-4-12/h11-14,16H,2-10H2,1H3. The molecule has 0 aromatic rings. The number of ether oxygens (including phenoxy) is 1. The quantitative estimate of drug-likeness (QED) is 0.839. The molecule has 3 aliphatic rings. The van der Waals surface area contributed by atoms with Gasteiger partial charge in [-0.25, -0.2) is 0 Å². The Morgan fingerprint density at radius 3 is 2.47 bits per heavy atom. The van der Waals surface area contributed by atoms with Gasteiger partial charge in [-0.2, -0.15) is 0 Å². The van der Waals surface area contributed by atoms with Gasteiger partial charge in [0.25, 0.3) is 0 Å². The number of carbonyl (C=O) groups is 1. The summed E-state index contributed by atoms with van der Waals surface area (Å²) in [6.07, 6.45) is 7.66. The highest BCUT2D eigenvalue weighted by Crippen LogP contribution is 2.31. The molecule has 1 amide bonds. The van der Waals surface area contributed by atoms with Crippen LogP contribution in [0.4, 0.5) is 0 Å². The maximum Gasteiger partial charge on any atom is 0.225 e. The number of hydrogen-bond acceptors (Lipinski definition) is 3. The third-order valence-electron chi connectivity index (χ3n) is 4.69. The zero-order chi connectivity index (χ0) is 13.2. The molecule has 2 unspecified atom stereocenters. The highest BCUT2D eigenvalue weighted by molar-refractivity contribution is 5.81. The lowest BCUT2D eigenvalue weighted by Crippen LogP contribution is -2.46. The van der Waals surface area contributed by atoms with Crippen molar-refractivity contribution in [2.75, 3.05) is 19.6 Å². The average Bonchev–Trinajstić information content (AvgIpc) is 3.19. The van der Waals surface area contributed by atoms with Crippen molar-refractivity contribution in [3.8, 4) is 0 Å². The van der Waals surface area contributed by atoms with Crippen LogP contribution in [0.15, 0.2) is 0 Å². The molecule has 4 heteroatoms. The van der Waals surface area contributed by atoms with Crippen molar-refractivity contribution in [3.63, 3.8) is 0 Å². The third-order valence-corrected chi connectivity index (χ3v) is 4.69. The van der Waals surface area contributed by atoms with Crippen molar-refractivity contribution < 1.29 is 9.53 Å². The smallest absolute Gasteiger partial charge is 0.225 e. The lowest BCUT2D eigenvalue weighted by molar-refractivity contribution is -0.133. The summed E-state index contributed by atoms with van der Waals surface area (Å²) in [5, 5.41) is 3.63. The summed E-state index contributed by atoms with van der Waals surface area (Å²) in [5.41, 5.74) is 0. The Hall–Kier alpha value is -0.610. The fraction of sp³-hybridized carbons (Fsp3) is 0.933. The van der Waals surface area contributed by atoms with Crippen molar-refractivity contribution in [1.82, 2.24) is 10.2 Å². The largest absolute Gasteiger partial charge is 0.374 e. The number of hydrogen-bond donors (Lipinski definition) is 1. The van der Waals surface area contributed by atoms with E-state index in [1.54, 1.807) is 0 Å². The van der Waals surface area contributed by atoms with Gasteiger partial charge in [0.1, 0.15) is 0 Å². The maximum absolute atomic E-state index is 12.0. The SMILES string of the molecule is CC1CCC(CNC2CCN(C(=O)C3CC3)CC2)O1. The van der Waals surface area contributed by atoms with Gasteiger partial charge in [0.15, 0.2) is 0 Å². The van der Waals surface area contributed by atoms with Crippen molar-refractivity contribution >= 4 is 5.91 Å². The average molecular weight is 266 g/mol. The van der Waals surface area contributed by atoms with Gasteiger partial charge in [-0.1, -0.05) is 0 Å². The fourth-order valence-corrected chi connectivity index (χ4v) is 3.23. The summed E-state index contributed by atoms with van der Waals surface area (Å²) in [7, 11) is 0. The van der Waals surface area contributed by atoms with Crippen LogP contribution in [-0.4, -0.2) is 48.7 Å². The van der Waals surface area contributed by atoms with Crippen molar-refractivity contribution in [3.05, 3.63) is 0 Å². The van der Waals surface area contributed by atoms with E-state index in [0.29, 0.717) is 30.1 Å². The van der Waals surface area contributed by atoms with Crippen LogP contribution in [-0.2, 0) is 9.53 Å². The first-order valence-corrected chi connectivity index (χ1v) is 7.90. The van der Waals surface area contributed by atoms with Crippen LogP contribution in [0.25, 0.3) is 0 Å². The van der Waals surface area contributed by atoms with Gasteiger partial charge in [-0.3, -0.25) is 4.79 Å². The topological polar surface area (TPSA) is 41.6 Å². The molecule has 2 saturated heterocycles. The number of amides is 1. The lowest BCUT2D eigenvalue weighted by atomic mass is 10.0. The molecule has 2 heterocycles. The summed E-state index contributed by atoms with van der Waals surface area (Å²) in [6.45, 7) is 5.01. The molecular weight excluding hydrogens is 240 g/mol. The molecule has 3 fully saturated rings. The Morgan fingerprint density at radius 2 is 1.89 bits per heavy atom. The summed E-state index contributed by atoms with van der Waals surface area (Å²) in [6, 6.07) is 0.572. The van der Waals surface area contributed by atoms with E-state index in [1.807, 2.05) is 0 Å². The minimum atomic E-state index is 0.373. The lowest BCUT2D eigenvalue weighted by Gasteiger charge is -2.33. The van der Waals surface area contributed by atoms with Gasteiger partial charge in [-0.05, 0) is 45.4 Å². The Balaban J connectivity index is 1.34. The normalized spacial score (nSPS) is 32.8. The number of likely N-dealkylation sites (tertiary alicyclic amines) is 1. The van der Waals surface area contributed by atoms with Gasteiger partial charge < -0.3 is 15.0 Å². The second-order valence-electron chi connectivity index (χ2n) is 6.43. The van der Waals surface area contributed by atoms with Crippen LogP contribution in [0.2, 0.25) is 0 Å². The van der Waals surface area contributed by atoms with Gasteiger partial charge in [0.2, 0.25) is 5.91 Å². The summed E-state index contributed by atoms with van der Waals surface area (Å²) >= 11 is 0. The van der Waals surface area contributed by atoms with E-state index in [4.69, 9.17) is 4.74 Å². The molecule has 108 valence electrons. The molecule has 0 spiro atoms. The summed E-state index contributed by atoms with van der Waals surface area (Å²) < 4.78 is 5.82. The zero-order valence-electron chi connectivity index (χ0n) is 11.9. The van der Waals surface area contributed by atoms with E-state index in [0.717, 1.165) is 45.3 Å². The molecule has 4 nitrogen and oxygen atoms in total. The van der Waals surface area contributed by atoms with Crippen LogP contribution < -0.4 is 5.32 Å². The van der Waals surface area contributed by atoms with E-state index in [1.165, 1.54) is 12.8 Å². The number of nitrogens with zero attached hydrogens (tertiary/aromatic N) is 1. The number of nitrogens with one attached hydrogen (secondary N) is 1. The predicted molar refractivity (Wildman–Crippen MR) is 73.9 cm³/mol. The molecule has 0 bridgehead atoms. The monoisotopic (exact) mass is 266 g/mol. The zero-order valence-corrected chi connectivity index (χ0v) is 11.9. The summed E-state index contributed by atoms with van der Waals surface area (Å²) in [4.78, 5) is 14.0. The fourth-order valence-electron chi connectivity index (χ4n) is 3.23. The molecule has 19 heavy (non-hydrogen) atoms. The highest BCUT2D eigenvalue weighted by Gasteiger charge is 2.35. The summed E-state index contributed by atoms with van der Waals surface area (Å²) in [5.74, 6) is 0.782. The van der Waals surface area contributed by atoms with E-state index in [-0.39, 0.29) is 0 Å². The Kier molecular flexibility index (Phi) is 4.08. The van der Waals surface area contributed by atoms with Crippen LogP contribution in [0.3, 0.4) is 0 Å². The van der Waals surface area contributed by atoms with Crippen molar-refractivity contribution in [2.24, 2.45) is 5.92 Å². The van der Waals surface area contributed by atoms with Gasteiger partial charge in [0, 0.05) is 31.6 Å². The molecule has 2 aliphatic heterocycles. The van der Waals surface area contributed by atoms with Gasteiger partial charge >= 0.3 is 0 Å². The molecule has 1 saturated carbocycles. The second-order valence-corrected chi connectivity index (χ2v) is 6.43. The molecule has 0 aromatic carbocycles. The van der Waals surface area contributed by atoms with E-state index < -0.39 is 0 Å². The van der Waals surface area contributed by atoms with E-state index >= 15 is 0 Å². The molecule has 0 aromatic heterocycles. The minimum Gasteiger partial charge on any atom is -0.374 e. The van der Waals surface area contributed by atoms with Crippen LogP contribution >= 0.6 is 0 Å². The number of rotatable bonds is 4. The first-order chi connectivity index (χ1) is 9.22. The van der Waals surface area contributed by atoms with Crippen molar-refractivity contribution in [1.29, 1.82) is 0 Å². The molecular formula is C15H26N2O2. The van der Waals surface area contributed by atoms with Crippen LogP contribution in [0.5, 0.6) is 0 Å². The maximum atomic E-state index is 12.0. The van der Waals surface area contributed by atoms with E-state index in [9.17, 15) is 4.79 Å². The molecule has 3 rings (SSSR count). The first kappa shape index (κ1) is 13.4. The number of piperidine rings is 1. The van der Waals surface area contributed by atoms with Gasteiger partial charge in [-0.15, -0.1) is 0 Å². The molecule has 2 atom stereocenters. The van der Waals surface area contributed by atoms with Crippen molar-refractivity contribution in [2.45, 2.75) is 63.7 Å². The Morgan fingerprint density at radius 1 is 1.16 bits per heavy atom. The van der Waals surface area contributed by atoms with Crippen LogP contribution in [0.1, 0.15) is 45.4 Å². The number of carbonyl (C=O) groups excluding carboxylic acids is 1. The minimum absolute atomic E-state index is 0.373. The molecule has 0 radical (unpaired) electrons. The molecule has 1 N–H and O–H groups in total. The molecule has 1 aliphatic carbocycles. The predicted octanol–water partition coefficient (Wildman–Crippen LogP) is 1.54.